The predicted octanol–water partition coefficient (Wildman–Crippen LogP) is 4.26. The van der Waals surface area contributed by atoms with Gasteiger partial charge in [0.05, 0.1) is 35.0 Å². The molecule has 0 spiro atoms. The van der Waals surface area contributed by atoms with Crippen molar-refractivity contribution in [3.63, 3.8) is 0 Å². The van der Waals surface area contributed by atoms with Crippen LogP contribution in [-0.4, -0.2) is 66.6 Å². The first-order valence-corrected chi connectivity index (χ1v) is 11.8. The Bertz CT molecular complexity index is 1810. The molecule has 6 aromatic rings. The van der Waals surface area contributed by atoms with Crippen LogP contribution >= 0.6 is 0 Å². The highest BCUT2D eigenvalue weighted by Gasteiger charge is 2.17. The number of carbonyl (C=O) groups excluding carboxylic acids is 1. The fraction of sp³-hybridized carbons (Fsp3) is 0.111. The van der Waals surface area contributed by atoms with E-state index in [1.165, 1.54) is 12.1 Å². The Morgan fingerprint density at radius 3 is 2.71 bits per heavy atom. The molecule has 0 fully saturated rings. The topological polar surface area (TPSA) is 128 Å². The normalized spacial score (nSPS) is 11.5. The van der Waals surface area contributed by atoms with Gasteiger partial charge in [-0.3, -0.25) is 19.9 Å². The number of pyridine rings is 3. The number of nitrogens with one attached hydrogen (secondary N) is 3. The van der Waals surface area contributed by atoms with Crippen molar-refractivity contribution in [2.75, 3.05) is 26.0 Å². The molecule has 0 unspecified atom stereocenters. The second-order valence-electron chi connectivity index (χ2n) is 9.09. The first-order chi connectivity index (χ1) is 18.4. The maximum absolute atomic E-state index is 13.9. The van der Waals surface area contributed by atoms with E-state index in [9.17, 15) is 9.18 Å². The van der Waals surface area contributed by atoms with Crippen molar-refractivity contribution in [1.82, 2.24) is 40.0 Å². The fourth-order valence-electron chi connectivity index (χ4n) is 4.29. The summed E-state index contributed by atoms with van der Waals surface area (Å²) in [7, 11) is 3.66. The van der Waals surface area contributed by atoms with Crippen LogP contribution in [0.4, 0.5) is 10.1 Å². The van der Waals surface area contributed by atoms with Gasteiger partial charge in [-0.25, -0.2) is 14.4 Å². The molecular weight excluding hydrogens is 485 g/mol. The van der Waals surface area contributed by atoms with Crippen LogP contribution in [0.15, 0.2) is 67.3 Å². The summed E-state index contributed by atoms with van der Waals surface area (Å²) in [5.74, 6) is 0.0556. The van der Waals surface area contributed by atoms with Crippen LogP contribution in [-0.2, 0) is 4.79 Å². The highest BCUT2D eigenvalue weighted by Crippen LogP contribution is 2.32. The highest BCUT2D eigenvalue weighted by atomic mass is 19.1. The van der Waals surface area contributed by atoms with Gasteiger partial charge in [-0.2, -0.15) is 5.10 Å². The maximum Gasteiger partial charge on any atom is 0.238 e. The minimum absolute atomic E-state index is 0.128. The molecule has 11 heteroatoms. The molecule has 0 saturated heterocycles. The molecule has 1 amide bonds. The van der Waals surface area contributed by atoms with Gasteiger partial charge in [0.1, 0.15) is 17.0 Å². The van der Waals surface area contributed by atoms with E-state index >= 15 is 0 Å². The summed E-state index contributed by atoms with van der Waals surface area (Å²) in [4.78, 5) is 35.3. The molecule has 0 radical (unpaired) electrons. The van der Waals surface area contributed by atoms with E-state index in [0.29, 0.717) is 39.6 Å². The number of carbonyl (C=O) groups is 1. The van der Waals surface area contributed by atoms with Crippen LogP contribution in [0.3, 0.4) is 0 Å². The number of nitrogens with zero attached hydrogens (tertiary/aromatic N) is 6. The van der Waals surface area contributed by atoms with E-state index in [1.54, 1.807) is 41.8 Å². The van der Waals surface area contributed by atoms with Crippen LogP contribution in [0, 0.1) is 5.82 Å². The second kappa shape index (κ2) is 9.45. The second-order valence-corrected chi connectivity index (χ2v) is 9.09. The van der Waals surface area contributed by atoms with Crippen LogP contribution in [0.25, 0.3) is 56.0 Å². The summed E-state index contributed by atoms with van der Waals surface area (Å²) in [6.07, 6.45) is 6.69. The number of amides is 1. The molecule has 0 atom stereocenters. The van der Waals surface area contributed by atoms with Crippen LogP contribution in [0.1, 0.15) is 0 Å². The zero-order valence-corrected chi connectivity index (χ0v) is 20.5. The summed E-state index contributed by atoms with van der Waals surface area (Å²) < 4.78 is 13.9. The molecule has 0 aliphatic heterocycles. The Kier molecular flexibility index (Phi) is 5.81. The predicted molar refractivity (Wildman–Crippen MR) is 143 cm³/mol. The molecule has 5 aromatic heterocycles. The minimum atomic E-state index is -0.343. The summed E-state index contributed by atoms with van der Waals surface area (Å²) >= 11 is 0. The van der Waals surface area contributed by atoms with Gasteiger partial charge in [0.25, 0.3) is 0 Å². The standard InChI is InChI=1S/C27H22FN9O/c1-37(2)14-22(38)32-19-9-16(11-29-13-19)17-10-20-24(35-36-26(20)31-12-17)27-33-21-6-7-30-23(25(21)34-27)15-4-3-5-18(28)8-15/h3-13H,14H2,1-2H3,(H,32,38)(H,33,34)(H,31,35,36). The first-order valence-electron chi connectivity index (χ1n) is 11.8. The van der Waals surface area contributed by atoms with E-state index in [0.717, 1.165) is 22.0 Å². The number of halogens is 1. The number of aromatic nitrogens is 7. The molecule has 10 nitrogen and oxygen atoms in total. The number of H-pyrrole nitrogens is 2. The average molecular weight is 508 g/mol. The van der Waals surface area contributed by atoms with Gasteiger partial charge in [0.15, 0.2) is 11.5 Å². The summed E-state index contributed by atoms with van der Waals surface area (Å²) in [5.41, 5.74) is 5.92. The van der Waals surface area contributed by atoms with Gasteiger partial charge in [-0.1, -0.05) is 12.1 Å². The maximum atomic E-state index is 13.9. The fourth-order valence-corrected chi connectivity index (χ4v) is 4.29. The number of rotatable bonds is 6. The number of aromatic amines is 2. The van der Waals surface area contributed by atoms with E-state index in [-0.39, 0.29) is 18.3 Å². The largest absolute Gasteiger partial charge is 0.336 e. The molecule has 38 heavy (non-hydrogen) atoms. The van der Waals surface area contributed by atoms with Gasteiger partial charge in [0, 0.05) is 35.3 Å². The Morgan fingerprint density at radius 2 is 1.87 bits per heavy atom. The Balaban J connectivity index is 1.38. The lowest BCUT2D eigenvalue weighted by Crippen LogP contribution is -2.27. The summed E-state index contributed by atoms with van der Waals surface area (Å²) in [6, 6.07) is 11.9. The van der Waals surface area contributed by atoms with Gasteiger partial charge in [-0.15, -0.1) is 0 Å². The lowest BCUT2D eigenvalue weighted by molar-refractivity contribution is -0.116. The SMILES string of the molecule is CN(C)CC(=O)Nc1cncc(-c2cnc3[nH]nc(-c4nc5c(-c6cccc(F)c6)nccc5[nH]4)c3c2)c1. The lowest BCUT2D eigenvalue weighted by Gasteiger charge is -2.10. The number of anilines is 1. The Labute approximate surface area is 216 Å². The number of fused-ring (bicyclic) bond motifs is 2. The number of hydrogen-bond acceptors (Lipinski definition) is 7. The number of hydrogen-bond donors (Lipinski definition) is 3. The van der Waals surface area contributed by atoms with Crippen molar-refractivity contribution in [3.8, 4) is 33.9 Å². The van der Waals surface area contributed by atoms with E-state index < -0.39 is 0 Å². The molecule has 0 aliphatic rings. The lowest BCUT2D eigenvalue weighted by atomic mass is 10.1. The first kappa shape index (κ1) is 23.4. The summed E-state index contributed by atoms with van der Waals surface area (Å²) in [6.45, 7) is 0.268. The molecule has 1 aromatic carbocycles. The number of benzene rings is 1. The van der Waals surface area contributed by atoms with Gasteiger partial charge < -0.3 is 15.2 Å². The van der Waals surface area contributed by atoms with Crippen molar-refractivity contribution >= 4 is 33.7 Å². The average Bonchev–Trinajstić information content (AvgIpc) is 3.52. The van der Waals surface area contributed by atoms with Crippen molar-refractivity contribution < 1.29 is 9.18 Å². The molecular formula is C27H22FN9O. The molecule has 5 heterocycles. The minimum Gasteiger partial charge on any atom is -0.336 e. The summed E-state index contributed by atoms with van der Waals surface area (Å²) in [5, 5.41) is 11.0. The third kappa shape index (κ3) is 4.46. The van der Waals surface area contributed by atoms with Gasteiger partial charge >= 0.3 is 0 Å². The molecule has 188 valence electrons. The third-order valence-electron chi connectivity index (χ3n) is 5.95. The van der Waals surface area contributed by atoms with Crippen molar-refractivity contribution in [2.24, 2.45) is 0 Å². The van der Waals surface area contributed by atoms with Gasteiger partial charge in [-0.05, 0) is 44.4 Å². The molecule has 3 N–H and O–H groups in total. The smallest absolute Gasteiger partial charge is 0.238 e. The number of likely N-dealkylation sites (N-methyl/N-ethyl adjacent to an activating group) is 1. The highest BCUT2D eigenvalue weighted by molar-refractivity contribution is 5.96. The molecule has 0 bridgehead atoms. The van der Waals surface area contributed by atoms with E-state index in [2.05, 4.69) is 35.5 Å². The molecule has 0 saturated carbocycles. The molecule has 0 aliphatic carbocycles. The van der Waals surface area contributed by atoms with Crippen LogP contribution in [0.2, 0.25) is 0 Å². The van der Waals surface area contributed by atoms with Crippen molar-refractivity contribution in [2.45, 2.75) is 0 Å². The van der Waals surface area contributed by atoms with Crippen molar-refractivity contribution in [3.05, 3.63) is 73.1 Å². The van der Waals surface area contributed by atoms with E-state index in [4.69, 9.17) is 4.98 Å². The zero-order chi connectivity index (χ0) is 26.2. The van der Waals surface area contributed by atoms with Crippen LogP contribution in [0.5, 0.6) is 0 Å². The quantitative estimate of drug-likeness (QED) is 0.307. The number of imidazole rings is 1. The third-order valence-corrected chi connectivity index (χ3v) is 5.95. The van der Waals surface area contributed by atoms with Gasteiger partial charge in [0.2, 0.25) is 5.91 Å². The van der Waals surface area contributed by atoms with E-state index in [1.807, 2.05) is 32.3 Å². The van der Waals surface area contributed by atoms with Crippen molar-refractivity contribution in [1.29, 1.82) is 0 Å². The zero-order valence-electron chi connectivity index (χ0n) is 20.5. The van der Waals surface area contributed by atoms with Crippen LogP contribution < -0.4 is 5.32 Å². The Morgan fingerprint density at radius 1 is 1.00 bits per heavy atom. The molecule has 6 rings (SSSR count). The monoisotopic (exact) mass is 507 g/mol. The Hall–Kier alpha value is -5.03.